The number of rotatable bonds is 1. The van der Waals surface area contributed by atoms with Gasteiger partial charge in [0.15, 0.2) is 0 Å². The monoisotopic (exact) mass is 178 g/mol. The lowest BCUT2D eigenvalue weighted by molar-refractivity contribution is -0.742. The molecule has 1 atom stereocenters. The van der Waals surface area contributed by atoms with Crippen molar-refractivity contribution >= 4 is 5.97 Å². The Bertz CT molecular complexity index is 161. The molecule has 3 N–H and O–H groups in total. The highest BCUT2D eigenvalue weighted by Gasteiger charge is 2.20. The second-order valence-electron chi connectivity index (χ2n) is 2.23. The number of nitrogens with zero attached hydrogens (tertiary/aromatic N) is 1. The van der Waals surface area contributed by atoms with Crippen molar-refractivity contribution in [2.75, 3.05) is 6.54 Å². The molecule has 0 amide bonds. The normalized spacial score (nSPS) is 20.8. The van der Waals surface area contributed by atoms with Gasteiger partial charge in [0, 0.05) is 0 Å². The summed E-state index contributed by atoms with van der Waals surface area (Å²) in [5.41, 5.74) is 0. The van der Waals surface area contributed by atoms with Crippen molar-refractivity contribution in [3.05, 3.63) is 10.1 Å². The average molecular weight is 178 g/mol. The summed E-state index contributed by atoms with van der Waals surface area (Å²) in [6, 6.07) is -0.269. The zero-order valence-electron chi connectivity index (χ0n) is 6.27. The zero-order valence-corrected chi connectivity index (χ0v) is 6.27. The Morgan fingerprint density at radius 3 is 2.33 bits per heavy atom. The van der Waals surface area contributed by atoms with E-state index in [1.54, 1.807) is 0 Å². The molecule has 0 bridgehead atoms. The van der Waals surface area contributed by atoms with Crippen LogP contribution in [-0.4, -0.2) is 34.0 Å². The van der Waals surface area contributed by atoms with Gasteiger partial charge in [0.1, 0.15) is 6.04 Å². The number of nitrogens with one attached hydrogen (secondary N) is 1. The van der Waals surface area contributed by atoms with E-state index in [2.05, 4.69) is 5.32 Å². The lowest BCUT2D eigenvalue weighted by atomic mass is 10.2. The van der Waals surface area contributed by atoms with Crippen molar-refractivity contribution in [3.63, 3.8) is 0 Å². The van der Waals surface area contributed by atoms with E-state index in [0.29, 0.717) is 0 Å². The van der Waals surface area contributed by atoms with Crippen molar-refractivity contribution in [1.29, 1.82) is 0 Å². The minimum absolute atomic E-state index is 0.269. The van der Waals surface area contributed by atoms with E-state index in [1.165, 1.54) is 0 Å². The van der Waals surface area contributed by atoms with Gasteiger partial charge in [-0.2, -0.15) is 0 Å². The highest BCUT2D eigenvalue weighted by molar-refractivity contribution is 5.73. The Balaban J connectivity index is 0.000000261. The topological polar surface area (TPSA) is 113 Å². The SMILES string of the molecule is O=C(O)C1CCCN1.O=[N+]([O-])O. The van der Waals surface area contributed by atoms with Crippen LogP contribution in [0.15, 0.2) is 0 Å². The standard InChI is InChI=1S/C5H9NO2.HNO3/c7-5(8)4-2-1-3-6-4;2-1(3)4/h4,6H,1-3H2,(H,7,8);(H,2,3,4). The van der Waals surface area contributed by atoms with Crippen LogP contribution in [0.2, 0.25) is 0 Å². The van der Waals surface area contributed by atoms with E-state index in [-0.39, 0.29) is 6.04 Å². The number of carbonyl (C=O) groups is 1. The Morgan fingerprint density at radius 2 is 2.17 bits per heavy atom. The van der Waals surface area contributed by atoms with E-state index < -0.39 is 11.1 Å². The highest BCUT2D eigenvalue weighted by Crippen LogP contribution is 2.03. The molecular formula is C5H10N2O5. The number of aliphatic carboxylic acids is 1. The van der Waals surface area contributed by atoms with Crippen molar-refractivity contribution in [1.82, 2.24) is 5.32 Å². The van der Waals surface area contributed by atoms with Crippen molar-refractivity contribution in [2.24, 2.45) is 0 Å². The third-order valence-corrected chi connectivity index (χ3v) is 1.36. The zero-order chi connectivity index (χ0) is 9.56. The van der Waals surface area contributed by atoms with E-state index in [4.69, 9.17) is 20.4 Å². The third kappa shape index (κ3) is 5.42. The van der Waals surface area contributed by atoms with Gasteiger partial charge in [-0.3, -0.25) is 4.79 Å². The molecular weight excluding hydrogens is 168 g/mol. The van der Waals surface area contributed by atoms with Gasteiger partial charge in [0.05, 0.1) is 0 Å². The molecule has 0 saturated carbocycles. The van der Waals surface area contributed by atoms with Gasteiger partial charge in [-0.15, -0.1) is 10.1 Å². The Hall–Kier alpha value is -1.37. The molecule has 70 valence electrons. The summed E-state index contributed by atoms with van der Waals surface area (Å²) in [4.78, 5) is 18.5. The van der Waals surface area contributed by atoms with Gasteiger partial charge in [0.2, 0.25) is 0 Å². The summed E-state index contributed by atoms with van der Waals surface area (Å²) in [5.74, 6) is -0.720. The maximum Gasteiger partial charge on any atom is 0.320 e. The number of hydrogen-bond acceptors (Lipinski definition) is 4. The largest absolute Gasteiger partial charge is 0.480 e. The van der Waals surface area contributed by atoms with Gasteiger partial charge >= 0.3 is 5.97 Å². The van der Waals surface area contributed by atoms with Gasteiger partial charge in [-0.25, -0.2) is 0 Å². The Morgan fingerprint density at radius 1 is 1.67 bits per heavy atom. The molecule has 1 heterocycles. The maximum atomic E-state index is 10.1. The summed E-state index contributed by atoms with van der Waals surface area (Å²) in [7, 11) is 0. The first-order chi connectivity index (χ1) is 5.54. The lowest BCUT2D eigenvalue weighted by Crippen LogP contribution is -2.29. The first-order valence-corrected chi connectivity index (χ1v) is 3.33. The van der Waals surface area contributed by atoms with Crippen LogP contribution >= 0.6 is 0 Å². The Kier molecular flexibility index (Phi) is 4.70. The van der Waals surface area contributed by atoms with Crippen LogP contribution in [0.3, 0.4) is 0 Å². The predicted molar refractivity (Wildman–Crippen MR) is 37.4 cm³/mol. The number of carboxylic acid groups (broad SMARTS) is 1. The highest BCUT2D eigenvalue weighted by atomic mass is 16.9. The maximum absolute atomic E-state index is 10.1. The third-order valence-electron chi connectivity index (χ3n) is 1.36. The molecule has 7 nitrogen and oxygen atoms in total. The van der Waals surface area contributed by atoms with E-state index in [9.17, 15) is 4.79 Å². The van der Waals surface area contributed by atoms with Crippen LogP contribution in [0.5, 0.6) is 0 Å². The molecule has 1 unspecified atom stereocenters. The molecule has 1 aliphatic rings. The quantitative estimate of drug-likeness (QED) is 0.367. The van der Waals surface area contributed by atoms with E-state index >= 15 is 0 Å². The van der Waals surface area contributed by atoms with Crippen molar-refractivity contribution < 1.29 is 20.2 Å². The predicted octanol–water partition coefficient (Wildman–Crippen LogP) is -0.525. The molecule has 0 radical (unpaired) electrons. The van der Waals surface area contributed by atoms with Crippen LogP contribution in [0.4, 0.5) is 0 Å². The molecule has 0 aliphatic carbocycles. The van der Waals surface area contributed by atoms with Gasteiger partial charge in [-0.05, 0) is 19.4 Å². The fraction of sp³-hybridized carbons (Fsp3) is 0.800. The second-order valence-corrected chi connectivity index (χ2v) is 2.23. The molecule has 12 heavy (non-hydrogen) atoms. The van der Waals surface area contributed by atoms with Crippen LogP contribution < -0.4 is 5.32 Å². The summed E-state index contributed by atoms with van der Waals surface area (Å²) in [6.07, 6.45) is 1.78. The summed E-state index contributed by atoms with van der Waals surface area (Å²) >= 11 is 0. The fourth-order valence-electron chi connectivity index (χ4n) is 0.895. The molecule has 0 spiro atoms. The van der Waals surface area contributed by atoms with Gasteiger partial charge in [0.25, 0.3) is 5.09 Å². The smallest absolute Gasteiger partial charge is 0.320 e. The van der Waals surface area contributed by atoms with Crippen LogP contribution in [0, 0.1) is 10.1 Å². The minimum Gasteiger partial charge on any atom is -0.480 e. The first-order valence-electron chi connectivity index (χ1n) is 3.33. The van der Waals surface area contributed by atoms with Crippen LogP contribution in [-0.2, 0) is 4.79 Å². The molecule has 1 saturated heterocycles. The second kappa shape index (κ2) is 5.30. The van der Waals surface area contributed by atoms with Crippen LogP contribution in [0.25, 0.3) is 0 Å². The molecule has 0 aromatic carbocycles. The minimum atomic E-state index is -1.50. The molecule has 0 aromatic rings. The molecule has 0 aromatic heterocycles. The van der Waals surface area contributed by atoms with E-state index in [1.807, 2.05) is 0 Å². The molecule has 1 fully saturated rings. The molecule has 7 heteroatoms. The summed E-state index contributed by atoms with van der Waals surface area (Å²) < 4.78 is 0. The van der Waals surface area contributed by atoms with Gasteiger partial charge in [-0.1, -0.05) is 0 Å². The summed E-state index contributed by atoms with van der Waals surface area (Å²) in [6.45, 7) is 0.858. The lowest BCUT2D eigenvalue weighted by Gasteiger charge is -1.99. The number of hydrogen-bond donors (Lipinski definition) is 3. The van der Waals surface area contributed by atoms with Crippen molar-refractivity contribution in [3.8, 4) is 0 Å². The van der Waals surface area contributed by atoms with Crippen LogP contribution in [0.1, 0.15) is 12.8 Å². The fourth-order valence-corrected chi connectivity index (χ4v) is 0.895. The van der Waals surface area contributed by atoms with Gasteiger partial charge < -0.3 is 15.6 Å². The average Bonchev–Trinajstić information content (AvgIpc) is 2.34. The molecule has 1 aliphatic heterocycles. The first kappa shape index (κ1) is 10.6. The number of carboxylic acids is 1. The Labute approximate surface area is 68.1 Å². The molecule has 1 rings (SSSR count). The summed E-state index contributed by atoms with van der Waals surface area (Å²) in [5, 5.41) is 24.8. The van der Waals surface area contributed by atoms with Crippen molar-refractivity contribution in [2.45, 2.75) is 18.9 Å². The van der Waals surface area contributed by atoms with E-state index in [0.717, 1.165) is 19.4 Å².